The number of thioether (sulfide) groups is 1. The Hall–Kier alpha value is -2.51. The Bertz CT molecular complexity index is 871. The normalized spacial score (nSPS) is 15.5. The summed E-state index contributed by atoms with van der Waals surface area (Å²) in [6.07, 6.45) is 2.47. The van der Waals surface area contributed by atoms with Gasteiger partial charge < -0.3 is 14.6 Å². The number of rotatable bonds is 6. The summed E-state index contributed by atoms with van der Waals surface area (Å²) in [5.41, 5.74) is 1.84. The Morgan fingerprint density at radius 1 is 1.15 bits per heavy atom. The molecule has 1 aliphatic heterocycles. The van der Waals surface area contributed by atoms with Gasteiger partial charge in [-0.1, -0.05) is 54.3 Å². The number of hydrogen-bond donors (Lipinski definition) is 1. The van der Waals surface area contributed by atoms with E-state index in [1.54, 1.807) is 23.1 Å². The molecule has 2 aromatic carbocycles. The van der Waals surface area contributed by atoms with Gasteiger partial charge in [0.05, 0.1) is 19.1 Å². The molecule has 1 N–H and O–H groups in total. The number of amides is 1. The van der Waals surface area contributed by atoms with E-state index in [0.717, 1.165) is 12.0 Å². The van der Waals surface area contributed by atoms with Crippen molar-refractivity contribution in [3.8, 4) is 17.2 Å². The molecule has 0 spiro atoms. The second kappa shape index (κ2) is 8.45. The minimum atomic E-state index is -0.119. The molecule has 0 aromatic heterocycles. The predicted octanol–water partition coefficient (Wildman–Crippen LogP) is 3.85. The van der Waals surface area contributed by atoms with Crippen LogP contribution in [0.5, 0.6) is 17.2 Å². The summed E-state index contributed by atoms with van der Waals surface area (Å²) >= 11 is 6.65. The molecule has 0 atom stereocenters. The molecule has 0 unspecified atom stereocenters. The molecule has 2 aromatic rings. The van der Waals surface area contributed by atoms with Gasteiger partial charge in [0.1, 0.15) is 4.32 Å². The van der Waals surface area contributed by atoms with Crippen molar-refractivity contribution in [3.63, 3.8) is 0 Å². The average Bonchev–Trinajstić information content (AvgIpc) is 2.95. The van der Waals surface area contributed by atoms with E-state index in [4.69, 9.17) is 21.7 Å². The Balaban J connectivity index is 1.80. The lowest BCUT2D eigenvalue weighted by Gasteiger charge is -2.14. The third-order valence-corrected chi connectivity index (χ3v) is 5.52. The van der Waals surface area contributed by atoms with Gasteiger partial charge in [0.2, 0.25) is 5.75 Å². The zero-order chi connectivity index (χ0) is 19.4. The number of nitrogens with zero attached hydrogens (tertiary/aromatic N) is 1. The van der Waals surface area contributed by atoms with Crippen molar-refractivity contribution in [2.45, 2.75) is 6.42 Å². The van der Waals surface area contributed by atoms with E-state index in [0.29, 0.717) is 21.3 Å². The first-order chi connectivity index (χ1) is 13.0. The van der Waals surface area contributed by atoms with Crippen LogP contribution in [0.15, 0.2) is 47.4 Å². The number of carbonyl (C=O) groups is 1. The molecule has 0 saturated carbocycles. The lowest BCUT2D eigenvalue weighted by Crippen LogP contribution is -2.30. The number of hydrogen-bond acceptors (Lipinski definition) is 6. The minimum absolute atomic E-state index is 0.0763. The molecular weight excluding hydrogens is 382 g/mol. The maximum Gasteiger partial charge on any atom is 0.266 e. The van der Waals surface area contributed by atoms with Crippen LogP contribution in [0.1, 0.15) is 11.1 Å². The van der Waals surface area contributed by atoms with Crippen molar-refractivity contribution in [2.24, 2.45) is 0 Å². The topological polar surface area (TPSA) is 59.0 Å². The van der Waals surface area contributed by atoms with Gasteiger partial charge in [-0.05, 0) is 35.8 Å². The second-order valence-electron chi connectivity index (χ2n) is 5.84. The van der Waals surface area contributed by atoms with E-state index in [1.165, 1.54) is 26.0 Å². The molecule has 1 aliphatic rings. The zero-order valence-electron chi connectivity index (χ0n) is 15.0. The van der Waals surface area contributed by atoms with E-state index in [-0.39, 0.29) is 23.2 Å². The van der Waals surface area contributed by atoms with Gasteiger partial charge in [0.25, 0.3) is 5.91 Å². The van der Waals surface area contributed by atoms with Crippen molar-refractivity contribution in [1.29, 1.82) is 0 Å². The molecule has 0 aliphatic carbocycles. The average molecular weight is 402 g/mol. The minimum Gasteiger partial charge on any atom is -0.502 e. The molecule has 0 bridgehead atoms. The van der Waals surface area contributed by atoms with Crippen LogP contribution < -0.4 is 9.47 Å². The van der Waals surface area contributed by atoms with Crippen LogP contribution in [0.3, 0.4) is 0 Å². The van der Waals surface area contributed by atoms with Crippen molar-refractivity contribution in [2.75, 3.05) is 20.8 Å². The van der Waals surface area contributed by atoms with Crippen molar-refractivity contribution >= 4 is 40.3 Å². The predicted molar refractivity (Wildman–Crippen MR) is 111 cm³/mol. The van der Waals surface area contributed by atoms with E-state index < -0.39 is 0 Å². The standard InChI is InChI=1S/C20H19NO4S2/c1-24-15-10-14(11-16(25-2)18(15)22)12-17-19(23)21(20(26)27-17)9-8-13-6-4-3-5-7-13/h3-7,10-12,22H,8-9H2,1-2H3/b17-12-. The number of thiocarbonyl (C=S) groups is 1. The first-order valence-corrected chi connectivity index (χ1v) is 9.50. The highest BCUT2D eigenvalue weighted by Crippen LogP contribution is 2.39. The van der Waals surface area contributed by atoms with Gasteiger partial charge in [-0.2, -0.15) is 0 Å². The summed E-state index contributed by atoms with van der Waals surface area (Å²) in [5, 5.41) is 10.0. The number of benzene rings is 2. The number of phenolic OH excluding ortho intramolecular Hbond substituents is 1. The summed E-state index contributed by atoms with van der Waals surface area (Å²) in [4.78, 5) is 14.9. The summed E-state index contributed by atoms with van der Waals surface area (Å²) in [6, 6.07) is 13.3. The van der Waals surface area contributed by atoms with Gasteiger partial charge in [0, 0.05) is 6.54 Å². The Labute approximate surface area is 167 Å². The van der Waals surface area contributed by atoms with Gasteiger partial charge in [-0.25, -0.2) is 0 Å². The molecule has 27 heavy (non-hydrogen) atoms. The molecule has 1 amide bonds. The molecule has 7 heteroatoms. The quantitative estimate of drug-likeness (QED) is 0.586. The SMILES string of the molecule is COc1cc(/C=C2\SC(=S)N(CCc3ccccc3)C2=O)cc(OC)c1O. The van der Waals surface area contributed by atoms with Crippen LogP contribution >= 0.6 is 24.0 Å². The molecule has 0 radical (unpaired) electrons. The molecule has 140 valence electrons. The fourth-order valence-electron chi connectivity index (χ4n) is 2.73. The molecule has 1 fully saturated rings. The number of aromatic hydroxyl groups is 1. The third kappa shape index (κ3) is 4.26. The van der Waals surface area contributed by atoms with Crippen molar-refractivity contribution in [1.82, 2.24) is 4.90 Å². The first kappa shape index (κ1) is 19.3. The molecule has 1 heterocycles. The van der Waals surface area contributed by atoms with Gasteiger partial charge in [-0.15, -0.1) is 0 Å². The van der Waals surface area contributed by atoms with Crippen LogP contribution in [0, 0.1) is 0 Å². The highest BCUT2D eigenvalue weighted by atomic mass is 32.2. The highest BCUT2D eigenvalue weighted by Gasteiger charge is 2.31. The molecule has 1 saturated heterocycles. The van der Waals surface area contributed by atoms with Gasteiger partial charge in [0.15, 0.2) is 11.5 Å². The molecule has 3 rings (SSSR count). The van der Waals surface area contributed by atoms with E-state index in [2.05, 4.69) is 0 Å². The lowest BCUT2D eigenvalue weighted by atomic mass is 10.1. The van der Waals surface area contributed by atoms with Gasteiger partial charge in [-0.3, -0.25) is 9.69 Å². The van der Waals surface area contributed by atoms with E-state index in [9.17, 15) is 9.90 Å². The largest absolute Gasteiger partial charge is 0.502 e. The molecular formula is C20H19NO4S2. The highest BCUT2D eigenvalue weighted by molar-refractivity contribution is 8.26. The van der Waals surface area contributed by atoms with Crippen LogP contribution in [-0.2, 0) is 11.2 Å². The van der Waals surface area contributed by atoms with Crippen LogP contribution in [-0.4, -0.2) is 41.0 Å². The van der Waals surface area contributed by atoms with Crippen LogP contribution in [0.2, 0.25) is 0 Å². The second-order valence-corrected chi connectivity index (χ2v) is 7.52. The maximum atomic E-state index is 12.8. The smallest absolute Gasteiger partial charge is 0.266 e. The fraction of sp³-hybridized carbons (Fsp3) is 0.200. The van der Waals surface area contributed by atoms with Crippen LogP contribution in [0.4, 0.5) is 0 Å². The Morgan fingerprint density at radius 2 is 1.78 bits per heavy atom. The van der Waals surface area contributed by atoms with E-state index >= 15 is 0 Å². The Morgan fingerprint density at radius 3 is 2.37 bits per heavy atom. The number of carbonyl (C=O) groups excluding carboxylic acids is 1. The third-order valence-electron chi connectivity index (χ3n) is 4.14. The summed E-state index contributed by atoms with van der Waals surface area (Å²) < 4.78 is 10.9. The van der Waals surface area contributed by atoms with Crippen LogP contribution in [0.25, 0.3) is 6.08 Å². The van der Waals surface area contributed by atoms with Crippen molar-refractivity contribution in [3.05, 3.63) is 58.5 Å². The summed E-state index contributed by atoms with van der Waals surface area (Å²) in [7, 11) is 2.92. The number of phenols is 1. The van der Waals surface area contributed by atoms with Gasteiger partial charge >= 0.3 is 0 Å². The fourth-order valence-corrected chi connectivity index (χ4v) is 4.04. The Kier molecular flexibility index (Phi) is 6.03. The number of ether oxygens (including phenoxy) is 2. The van der Waals surface area contributed by atoms with Crippen molar-refractivity contribution < 1.29 is 19.4 Å². The monoisotopic (exact) mass is 401 g/mol. The first-order valence-electron chi connectivity index (χ1n) is 8.27. The zero-order valence-corrected chi connectivity index (χ0v) is 16.6. The summed E-state index contributed by atoms with van der Waals surface area (Å²) in [6.45, 7) is 0.536. The maximum absolute atomic E-state index is 12.8. The number of methoxy groups -OCH3 is 2. The van der Waals surface area contributed by atoms with E-state index in [1.807, 2.05) is 30.3 Å². The lowest BCUT2D eigenvalue weighted by molar-refractivity contribution is -0.122. The summed E-state index contributed by atoms with van der Waals surface area (Å²) in [5.74, 6) is 0.361. The molecule has 5 nitrogen and oxygen atoms in total.